The highest BCUT2D eigenvalue weighted by molar-refractivity contribution is 5.86. The fraction of sp³-hybridized carbons (Fsp3) is 0.500. The molecule has 1 heterocycles. The Labute approximate surface area is 130 Å². The lowest BCUT2D eigenvalue weighted by atomic mass is 10.2. The van der Waals surface area contributed by atoms with Gasteiger partial charge in [-0.2, -0.15) is 0 Å². The number of aliphatic hydroxyl groups is 1. The van der Waals surface area contributed by atoms with Crippen LogP contribution in [0.4, 0.5) is 4.79 Å². The summed E-state index contributed by atoms with van der Waals surface area (Å²) in [5.41, 5.74) is 0.916. The summed E-state index contributed by atoms with van der Waals surface area (Å²) in [4.78, 5) is 25.7. The molecule has 1 aliphatic heterocycles. The summed E-state index contributed by atoms with van der Waals surface area (Å²) < 4.78 is 5.29. The number of nitrogens with zero attached hydrogens (tertiary/aromatic N) is 1. The van der Waals surface area contributed by atoms with E-state index in [2.05, 4.69) is 5.32 Å². The highest BCUT2D eigenvalue weighted by atomic mass is 16.6. The molecule has 1 atom stereocenters. The number of likely N-dealkylation sites (tertiary alicyclic amines) is 1. The number of hydrogen-bond donors (Lipinski definition) is 2. The van der Waals surface area contributed by atoms with Crippen molar-refractivity contribution in [2.24, 2.45) is 0 Å². The summed E-state index contributed by atoms with van der Waals surface area (Å²) in [7, 11) is 0. The van der Waals surface area contributed by atoms with Crippen LogP contribution < -0.4 is 5.32 Å². The van der Waals surface area contributed by atoms with Gasteiger partial charge < -0.3 is 15.2 Å². The fourth-order valence-electron chi connectivity index (χ4n) is 2.47. The molecule has 1 aromatic rings. The number of rotatable bonds is 6. The normalized spacial score (nSPS) is 17.3. The van der Waals surface area contributed by atoms with E-state index in [9.17, 15) is 9.59 Å². The molecular weight excluding hydrogens is 284 g/mol. The zero-order valence-corrected chi connectivity index (χ0v) is 12.5. The Balaban J connectivity index is 1.84. The molecule has 6 nitrogen and oxygen atoms in total. The van der Waals surface area contributed by atoms with Crippen molar-refractivity contribution < 1.29 is 19.4 Å². The standard InChI is InChI=1S/C16H22N2O4/c19-11-5-9-17-15(20)14-8-4-10-18(14)16(21)22-12-13-6-2-1-3-7-13/h1-3,6-7,14,19H,4-5,8-12H2,(H,17,20)/t14-/m1/s1. The van der Waals surface area contributed by atoms with Gasteiger partial charge in [-0.1, -0.05) is 30.3 Å². The van der Waals surface area contributed by atoms with Gasteiger partial charge in [-0.05, 0) is 24.8 Å². The SMILES string of the molecule is O=C(NCCCO)[C@H]1CCCN1C(=O)OCc1ccccc1. The second-order valence-corrected chi connectivity index (χ2v) is 5.26. The first-order valence-electron chi connectivity index (χ1n) is 7.58. The second kappa shape index (κ2) is 8.38. The van der Waals surface area contributed by atoms with E-state index in [1.165, 1.54) is 4.90 Å². The second-order valence-electron chi connectivity index (χ2n) is 5.26. The number of ether oxygens (including phenoxy) is 1. The molecule has 1 aliphatic rings. The van der Waals surface area contributed by atoms with E-state index in [1.54, 1.807) is 0 Å². The fourth-order valence-corrected chi connectivity index (χ4v) is 2.47. The largest absolute Gasteiger partial charge is 0.445 e. The van der Waals surface area contributed by atoms with Crippen LogP contribution in [0.3, 0.4) is 0 Å². The van der Waals surface area contributed by atoms with Crippen molar-refractivity contribution in [3.05, 3.63) is 35.9 Å². The van der Waals surface area contributed by atoms with E-state index in [4.69, 9.17) is 9.84 Å². The van der Waals surface area contributed by atoms with Crippen LogP contribution in [0.15, 0.2) is 30.3 Å². The Morgan fingerprint density at radius 2 is 2.09 bits per heavy atom. The molecule has 2 rings (SSSR count). The van der Waals surface area contributed by atoms with Crippen LogP contribution in [-0.4, -0.2) is 47.7 Å². The van der Waals surface area contributed by atoms with Gasteiger partial charge in [0.2, 0.25) is 5.91 Å². The lowest BCUT2D eigenvalue weighted by molar-refractivity contribution is -0.125. The van der Waals surface area contributed by atoms with Crippen molar-refractivity contribution in [2.45, 2.75) is 31.9 Å². The smallest absolute Gasteiger partial charge is 0.410 e. The van der Waals surface area contributed by atoms with Crippen LogP contribution in [0, 0.1) is 0 Å². The maximum atomic E-state index is 12.1. The van der Waals surface area contributed by atoms with E-state index in [-0.39, 0.29) is 19.1 Å². The average molecular weight is 306 g/mol. The van der Waals surface area contributed by atoms with Crippen molar-refractivity contribution in [2.75, 3.05) is 19.7 Å². The average Bonchev–Trinajstić information content (AvgIpc) is 3.03. The summed E-state index contributed by atoms with van der Waals surface area (Å²) in [6, 6.07) is 8.97. The van der Waals surface area contributed by atoms with E-state index < -0.39 is 12.1 Å². The van der Waals surface area contributed by atoms with E-state index in [0.29, 0.717) is 25.9 Å². The minimum atomic E-state index is -0.470. The third-order valence-corrected chi connectivity index (χ3v) is 3.63. The van der Waals surface area contributed by atoms with Gasteiger partial charge in [-0.15, -0.1) is 0 Å². The van der Waals surface area contributed by atoms with Crippen LogP contribution in [0.2, 0.25) is 0 Å². The van der Waals surface area contributed by atoms with Crippen molar-refractivity contribution in [3.8, 4) is 0 Å². The molecule has 0 unspecified atom stereocenters. The summed E-state index contributed by atoms with van der Waals surface area (Å²) in [6.07, 6.45) is 1.49. The lowest BCUT2D eigenvalue weighted by Gasteiger charge is -2.23. The molecule has 1 fully saturated rings. The van der Waals surface area contributed by atoms with Gasteiger partial charge in [0.25, 0.3) is 0 Å². The molecule has 0 saturated carbocycles. The van der Waals surface area contributed by atoms with Crippen LogP contribution in [0.1, 0.15) is 24.8 Å². The maximum absolute atomic E-state index is 12.1. The summed E-state index contributed by atoms with van der Waals surface area (Å²) in [5.74, 6) is -0.178. The molecule has 22 heavy (non-hydrogen) atoms. The van der Waals surface area contributed by atoms with E-state index >= 15 is 0 Å². The Bertz CT molecular complexity index is 492. The highest BCUT2D eigenvalue weighted by Crippen LogP contribution is 2.19. The molecule has 0 bridgehead atoms. The third kappa shape index (κ3) is 4.46. The Morgan fingerprint density at radius 1 is 1.32 bits per heavy atom. The Kier molecular flexibility index (Phi) is 6.21. The monoisotopic (exact) mass is 306 g/mol. The molecule has 0 aliphatic carbocycles. The van der Waals surface area contributed by atoms with Gasteiger partial charge in [-0.3, -0.25) is 9.69 Å². The minimum absolute atomic E-state index is 0.0355. The molecule has 6 heteroatoms. The number of nitrogens with one attached hydrogen (secondary N) is 1. The van der Waals surface area contributed by atoms with Crippen LogP contribution in [-0.2, 0) is 16.1 Å². The number of benzene rings is 1. The molecular formula is C16H22N2O4. The zero-order valence-electron chi connectivity index (χ0n) is 12.5. The maximum Gasteiger partial charge on any atom is 0.410 e. The molecule has 2 N–H and O–H groups in total. The van der Waals surface area contributed by atoms with Gasteiger partial charge in [0.05, 0.1) is 0 Å². The van der Waals surface area contributed by atoms with E-state index in [0.717, 1.165) is 12.0 Å². The predicted molar refractivity (Wildman–Crippen MR) is 81.1 cm³/mol. The Morgan fingerprint density at radius 3 is 2.82 bits per heavy atom. The van der Waals surface area contributed by atoms with Crippen LogP contribution in [0.5, 0.6) is 0 Å². The Hall–Kier alpha value is -2.08. The first kappa shape index (κ1) is 16.3. The number of amides is 2. The lowest BCUT2D eigenvalue weighted by Crippen LogP contribution is -2.46. The number of hydrogen-bond acceptors (Lipinski definition) is 4. The molecule has 0 spiro atoms. The van der Waals surface area contributed by atoms with Crippen molar-refractivity contribution in [3.63, 3.8) is 0 Å². The van der Waals surface area contributed by atoms with Crippen molar-refractivity contribution in [1.82, 2.24) is 10.2 Å². The van der Waals surface area contributed by atoms with E-state index in [1.807, 2.05) is 30.3 Å². The van der Waals surface area contributed by atoms with Crippen molar-refractivity contribution >= 4 is 12.0 Å². The summed E-state index contributed by atoms with van der Waals surface area (Å²) in [6.45, 7) is 1.19. The quantitative estimate of drug-likeness (QED) is 0.776. The first-order valence-corrected chi connectivity index (χ1v) is 7.58. The molecule has 0 radical (unpaired) electrons. The number of carbonyl (C=O) groups is 2. The summed E-state index contributed by atoms with van der Waals surface area (Å²) in [5, 5.41) is 11.5. The van der Waals surface area contributed by atoms with Gasteiger partial charge in [0, 0.05) is 19.7 Å². The molecule has 1 aromatic carbocycles. The first-order chi connectivity index (χ1) is 10.7. The number of carbonyl (C=O) groups excluding carboxylic acids is 2. The minimum Gasteiger partial charge on any atom is -0.445 e. The van der Waals surface area contributed by atoms with Crippen LogP contribution >= 0.6 is 0 Å². The third-order valence-electron chi connectivity index (χ3n) is 3.63. The molecule has 2 amide bonds. The van der Waals surface area contributed by atoms with Gasteiger partial charge in [0.1, 0.15) is 12.6 Å². The molecule has 1 saturated heterocycles. The zero-order chi connectivity index (χ0) is 15.8. The van der Waals surface area contributed by atoms with Crippen LogP contribution in [0.25, 0.3) is 0 Å². The summed E-state index contributed by atoms with van der Waals surface area (Å²) >= 11 is 0. The van der Waals surface area contributed by atoms with Gasteiger partial charge >= 0.3 is 6.09 Å². The topological polar surface area (TPSA) is 78.9 Å². The predicted octanol–water partition coefficient (Wildman–Crippen LogP) is 1.29. The van der Waals surface area contributed by atoms with Gasteiger partial charge in [0.15, 0.2) is 0 Å². The highest BCUT2D eigenvalue weighted by Gasteiger charge is 2.34. The van der Waals surface area contributed by atoms with Gasteiger partial charge in [-0.25, -0.2) is 4.79 Å². The molecule has 120 valence electrons. The number of aliphatic hydroxyl groups excluding tert-OH is 1. The van der Waals surface area contributed by atoms with Crippen molar-refractivity contribution in [1.29, 1.82) is 0 Å². The molecule has 0 aromatic heterocycles.